The van der Waals surface area contributed by atoms with Gasteiger partial charge in [-0.2, -0.15) is 0 Å². The van der Waals surface area contributed by atoms with Crippen LogP contribution in [0.4, 0.5) is 0 Å². The molecule has 46 heavy (non-hydrogen) atoms. The summed E-state index contributed by atoms with van der Waals surface area (Å²) in [5.74, 6) is 0. The van der Waals surface area contributed by atoms with E-state index >= 15 is 0 Å². The SMILES string of the molecule is C1CCC([PH+](C2CCCCC2)C2CCCCC2)CC1.C1CCC([PH+](C2CCCCC2)C2CCCCC2)CC1.CC(C)=C[CH]=[Ru]([Cl])[Cl]. The third kappa shape index (κ3) is 14.7. The van der Waals surface area contributed by atoms with E-state index < -0.39 is 13.5 Å². The molecule has 0 atom stereocenters. The van der Waals surface area contributed by atoms with Crippen LogP contribution in [-0.2, 0) is 13.5 Å². The summed E-state index contributed by atoms with van der Waals surface area (Å²) in [4.78, 5) is 0. The summed E-state index contributed by atoms with van der Waals surface area (Å²) >= 11 is -1.52. The summed E-state index contributed by atoms with van der Waals surface area (Å²) < 4.78 is 1.88. The standard InChI is InChI=1S/2C18H33P.C5H8.2ClH.Ru/c2*1-4-10-16(11-5-1)19(17-12-6-2-7-13-17)18-14-8-3-9-15-18;1-4-5(2)3;;;/h2*16-18H,1-15H2;1,4H,2-3H3;2*1H;/q;;;;;+2. The van der Waals surface area contributed by atoms with Gasteiger partial charge in [0.15, 0.2) is 0 Å². The number of allylic oxidation sites excluding steroid dienone is 2. The summed E-state index contributed by atoms with van der Waals surface area (Å²) in [7, 11) is 11.0. The molecule has 0 bridgehead atoms. The molecule has 0 aliphatic heterocycles. The maximum absolute atomic E-state index is 5.53. The molecule has 0 spiro atoms. The van der Waals surface area contributed by atoms with Crippen molar-refractivity contribution in [1.29, 1.82) is 0 Å². The molecule has 0 saturated heterocycles. The van der Waals surface area contributed by atoms with Crippen molar-refractivity contribution in [2.24, 2.45) is 0 Å². The second-order valence-corrected chi connectivity index (χ2v) is 29.3. The molecule has 6 aliphatic carbocycles. The molecule has 6 aliphatic rings. The minimum absolute atomic E-state index is 0.0465. The molecule has 0 aromatic heterocycles. The molecule has 0 aromatic carbocycles. The summed E-state index contributed by atoms with van der Waals surface area (Å²) in [5, 5.41) is 0. The van der Waals surface area contributed by atoms with Crippen molar-refractivity contribution in [3.63, 3.8) is 0 Å². The summed E-state index contributed by atoms with van der Waals surface area (Å²) in [6.07, 6.45) is 49.5. The van der Waals surface area contributed by atoms with Gasteiger partial charge in [0, 0.05) is 15.8 Å². The number of hydrogen-bond donors (Lipinski definition) is 0. The topological polar surface area (TPSA) is 0 Å². The Labute approximate surface area is 303 Å². The monoisotopic (exact) mass is 802 g/mol. The van der Waals surface area contributed by atoms with Crippen LogP contribution in [0.2, 0.25) is 0 Å². The van der Waals surface area contributed by atoms with E-state index in [1.165, 1.54) is 39.5 Å². The van der Waals surface area contributed by atoms with Crippen LogP contribution in [0.3, 0.4) is 0 Å². The van der Waals surface area contributed by atoms with Crippen LogP contribution < -0.4 is 0 Å². The summed E-state index contributed by atoms with van der Waals surface area (Å²) in [6, 6.07) is 0. The number of halogens is 2. The normalized spacial score (nSPS) is 25.7. The van der Waals surface area contributed by atoms with Gasteiger partial charge in [-0.25, -0.2) is 0 Å². The molecule has 5 heteroatoms. The quantitative estimate of drug-likeness (QED) is 0.178. The Balaban J connectivity index is 0.000000170. The van der Waals surface area contributed by atoms with Gasteiger partial charge in [0.05, 0.1) is 34.0 Å². The van der Waals surface area contributed by atoms with Gasteiger partial charge in [-0.1, -0.05) is 38.5 Å². The number of rotatable bonds is 7. The molecule has 6 rings (SSSR count). The Morgan fingerprint density at radius 1 is 0.391 bits per heavy atom. The van der Waals surface area contributed by atoms with Crippen molar-refractivity contribution in [1.82, 2.24) is 0 Å². The van der Waals surface area contributed by atoms with Crippen LogP contribution in [0, 0.1) is 0 Å². The minimum atomic E-state index is -1.52. The van der Waals surface area contributed by atoms with Crippen LogP contribution in [0.15, 0.2) is 11.6 Å². The predicted molar refractivity (Wildman–Crippen MR) is 215 cm³/mol. The van der Waals surface area contributed by atoms with Crippen LogP contribution >= 0.6 is 35.2 Å². The van der Waals surface area contributed by atoms with Crippen LogP contribution in [-0.4, -0.2) is 38.6 Å². The van der Waals surface area contributed by atoms with Crippen molar-refractivity contribution in [2.75, 3.05) is 0 Å². The average Bonchev–Trinajstić information content (AvgIpc) is 3.11. The van der Waals surface area contributed by atoms with Gasteiger partial charge in [-0.05, 0) is 154 Å². The first-order valence-corrected chi connectivity index (χ1v) is 29.7. The second-order valence-electron chi connectivity index (χ2n) is 16.6. The number of hydrogen-bond acceptors (Lipinski definition) is 0. The zero-order chi connectivity index (χ0) is 32.4. The van der Waals surface area contributed by atoms with Crippen LogP contribution in [0.1, 0.15) is 206 Å². The van der Waals surface area contributed by atoms with E-state index in [0.717, 1.165) is 0 Å². The zero-order valence-electron chi connectivity index (χ0n) is 30.4. The van der Waals surface area contributed by atoms with Gasteiger partial charge >= 0.3 is 63.0 Å². The fourth-order valence-corrected chi connectivity index (χ4v) is 22.6. The molecule has 0 nitrogen and oxygen atoms in total. The van der Waals surface area contributed by atoms with E-state index in [4.69, 9.17) is 19.4 Å². The van der Waals surface area contributed by atoms with Gasteiger partial charge in [-0.15, -0.1) is 0 Å². The van der Waals surface area contributed by atoms with Crippen molar-refractivity contribution >= 4 is 39.8 Å². The van der Waals surface area contributed by atoms with Crippen molar-refractivity contribution < 1.29 is 13.5 Å². The maximum atomic E-state index is 5.53. The van der Waals surface area contributed by atoms with Crippen molar-refractivity contribution in [3.05, 3.63) is 11.6 Å². The fourth-order valence-electron chi connectivity index (χ4n) is 10.8. The Kier molecular flexibility index (Phi) is 21.1. The molecule has 6 saturated carbocycles. The summed E-state index contributed by atoms with van der Waals surface area (Å²) in [6.45, 7) is 4.03. The average molecular weight is 803 g/mol. The Morgan fingerprint density at radius 2 is 0.587 bits per heavy atom. The first-order chi connectivity index (χ1) is 22.5. The van der Waals surface area contributed by atoms with E-state index in [2.05, 4.69) is 0 Å². The van der Waals surface area contributed by atoms with E-state index in [9.17, 15) is 0 Å². The molecule has 0 N–H and O–H groups in total. The molecule has 0 amide bonds. The molecule has 6 fully saturated rings. The van der Waals surface area contributed by atoms with Crippen molar-refractivity contribution in [2.45, 2.75) is 240 Å². The van der Waals surface area contributed by atoms with Gasteiger partial charge in [0.2, 0.25) is 0 Å². The Bertz CT molecular complexity index is 677. The molecule has 0 aromatic rings. The molecule has 0 unspecified atom stereocenters. The fraction of sp³-hybridized carbons (Fsp3) is 0.927. The van der Waals surface area contributed by atoms with E-state index in [1.807, 2.05) is 24.5 Å². The van der Waals surface area contributed by atoms with Gasteiger partial charge in [-0.3, -0.25) is 0 Å². The van der Waals surface area contributed by atoms with Crippen molar-refractivity contribution in [3.8, 4) is 0 Å². The zero-order valence-corrected chi connectivity index (χ0v) is 35.7. The van der Waals surface area contributed by atoms with Crippen LogP contribution in [0.5, 0.6) is 0 Å². The molecular weight excluding hydrogens is 726 g/mol. The molecule has 270 valence electrons. The van der Waals surface area contributed by atoms with Gasteiger partial charge in [0.1, 0.15) is 0 Å². The Morgan fingerprint density at radius 3 is 0.717 bits per heavy atom. The van der Waals surface area contributed by atoms with E-state index in [1.54, 1.807) is 193 Å². The molecule has 0 radical (unpaired) electrons. The third-order valence-corrected chi connectivity index (χ3v) is 23.8. The first-order valence-electron chi connectivity index (χ1n) is 20.7. The van der Waals surface area contributed by atoms with Crippen LogP contribution in [0.25, 0.3) is 0 Å². The van der Waals surface area contributed by atoms with E-state index in [-0.39, 0.29) is 15.8 Å². The first kappa shape index (κ1) is 40.4. The summed E-state index contributed by atoms with van der Waals surface area (Å²) in [5.41, 5.74) is 8.60. The van der Waals surface area contributed by atoms with Gasteiger partial charge < -0.3 is 0 Å². The second kappa shape index (κ2) is 24.0. The molecular formula is C41H76Cl2P2Ru+2. The predicted octanol–water partition coefficient (Wildman–Crippen LogP) is 15.1. The Hall–Kier alpha value is 1.67. The van der Waals surface area contributed by atoms with E-state index in [0.29, 0.717) is 0 Å². The molecule has 0 heterocycles. The third-order valence-electron chi connectivity index (χ3n) is 12.9. The van der Waals surface area contributed by atoms with Gasteiger partial charge in [0.25, 0.3) is 0 Å².